The van der Waals surface area contributed by atoms with Crippen molar-refractivity contribution in [1.82, 2.24) is 14.6 Å². The summed E-state index contributed by atoms with van der Waals surface area (Å²) in [5, 5.41) is 17.7. The molecular formula is C19H24ClN5O2. The lowest BCUT2D eigenvalue weighted by molar-refractivity contribution is 0.343. The van der Waals surface area contributed by atoms with Gasteiger partial charge in [-0.3, -0.25) is 0 Å². The number of hydrogen-bond acceptors (Lipinski definition) is 6. The summed E-state index contributed by atoms with van der Waals surface area (Å²) in [6.07, 6.45) is 3.81. The van der Waals surface area contributed by atoms with E-state index in [9.17, 15) is 5.21 Å². The van der Waals surface area contributed by atoms with Gasteiger partial charge >= 0.3 is 0 Å². The number of hydrogen-bond donors (Lipinski definition) is 1. The van der Waals surface area contributed by atoms with Crippen molar-refractivity contribution < 1.29 is 4.74 Å². The molecule has 8 heteroatoms. The minimum atomic E-state index is -0.534. The average Bonchev–Trinajstić information content (AvgIpc) is 3.06. The van der Waals surface area contributed by atoms with E-state index < -0.39 is 4.65 Å². The third-order valence-corrected chi connectivity index (χ3v) is 5.67. The van der Waals surface area contributed by atoms with Crippen molar-refractivity contribution in [3.05, 3.63) is 40.2 Å². The van der Waals surface area contributed by atoms with Crippen LogP contribution in [0.4, 0.5) is 17.5 Å². The number of nitrogens with one attached hydrogen (secondary N) is 1. The van der Waals surface area contributed by atoms with Crippen molar-refractivity contribution in [2.24, 2.45) is 0 Å². The van der Waals surface area contributed by atoms with Gasteiger partial charge in [0.2, 0.25) is 5.95 Å². The van der Waals surface area contributed by atoms with Gasteiger partial charge in [0.25, 0.3) is 0 Å². The summed E-state index contributed by atoms with van der Waals surface area (Å²) < 4.78 is 4.79. The molecule has 2 aromatic rings. The van der Waals surface area contributed by atoms with Crippen LogP contribution in [0.2, 0.25) is 5.02 Å². The van der Waals surface area contributed by atoms with E-state index in [1.54, 1.807) is 31.5 Å². The van der Waals surface area contributed by atoms with Crippen LogP contribution < -0.4 is 19.6 Å². The van der Waals surface area contributed by atoms with Gasteiger partial charge in [0.05, 0.1) is 18.7 Å². The van der Waals surface area contributed by atoms with Crippen LogP contribution in [0.25, 0.3) is 0 Å². The molecule has 1 aromatic heterocycles. The Balaban J connectivity index is 1.80. The zero-order valence-electron chi connectivity index (χ0n) is 15.6. The molecule has 0 radical (unpaired) electrons. The summed E-state index contributed by atoms with van der Waals surface area (Å²) in [5.74, 6) is 2.11. The minimum absolute atomic E-state index is 0.135. The summed E-state index contributed by atoms with van der Waals surface area (Å²) in [6, 6.07) is 5.40. The zero-order valence-corrected chi connectivity index (χ0v) is 16.4. The second-order valence-corrected chi connectivity index (χ2v) is 7.52. The van der Waals surface area contributed by atoms with Crippen LogP contribution in [0.15, 0.2) is 24.4 Å². The molecule has 7 nitrogen and oxygen atoms in total. The Morgan fingerprint density at radius 2 is 2.30 bits per heavy atom. The van der Waals surface area contributed by atoms with Crippen molar-refractivity contribution in [3.63, 3.8) is 0 Å². The lowest BCUT2D eigenvalue weighted by Crippen LogP contribution is -2.49. The van der Waals surface area contributed by atoms with Gasteiger partial charge < -0.3 is 24.8 Å². The molecule has 2 aliphatic rings. The van der Waals surface area contributed by atoms with Crippen LogP contribution in [0.1, 0.15) is 25.3 Å². The van der Waals surface area contributed by atoms with E-state index in [1.165, 1.54) is 0 Å². The molecule has 0 spiro atoms. The summed E-state index contributed by atoms with van der Waals surface area (Å²) >= 11 is 6.44. The van der Waals surface area contributed by atoms with Crippen molar-refractivity contribution in [3.8, 4) is 5.75 Å². The number of rotatable bonds is 4. The topological polar surface area (TPSA) is 73.3 Å². The average molecular weight is 390 g/mol. The molecule has 0 amide bonds. The second-order valence-electron chi connectivity index (χ2n) is 7.11. The summed E-state index contributed by atoms with van der Waals surface area (Å²) in [4.78, 5) is 11.4. The number of methoxy groups -OCH3 is 1. The second kappa shape index (κ2) is 7.14. The molecule has 144 valence electrons. The molecule has 0 bridgehead atoms. The molecule has 1 unspecified atom stereocenters. The highest BCUT2D eigenvalue weighted by atomic mass is 35.5. The fourth-order valence-corrected chi connectivity index (χ4v) is 4.37. The largest absolute Gasteiger partial charge is 0.627 e. The molecule has 27 heavy (non-hydrogen) atoms. The van der Waals surface area contributed by atoms with Crippen LogP contribution in [0.5, 0.6) is 5.75 Å². The van der Waals surface area contributed by atoms with Gasteiger partial charge in [-0.2, -0.15) is 4.98 Å². The predicted octanol–water partition coefficient (Wildman–Crippen LogP) is 3.56. The van der Waals surface area contributed by atoms with E-state index in [1.807, 2.05) is 6.92 Å². The number of hydroxylamine groups is 2. The maximum absolute atomic E-state index is 14.0. The minimum Gasteiger partial charge on any atom is -0.627 e. The summed E-state index contributed by atoms with van der Waals surface area (Å²) in [5.41, 5.74) is 1.39. The van der Waals surface area contributed by atoms with Crippen molar-refractivity contribution in [2.45, 2.75) is 32.4 Å². The smallest absolute Gasteiger partial charge is 0.224 e. The molecule has 0 aliphatic carbocycles. The van der Waals surface area contributed by atoms with E-state index in [0.29, 0.717) is 29.0 Å². The first-order valence-corrected chi connectivity index (χ1v) is 9.70. The van der Waals surface area contributed by atoms with Gasteiger partial charge in [0.1, 0.15) is 29.7 Å². The van der Waals surface area contributed by atoms with E-state index in [4.69, 9.17) is 21.3 Å². The first kappa shape index (κ1) is 18.3. The highest BCUT2D eigenvalue weighted by Gasteiger charge is 2.40. The maximum atomic E-state index is 14.0. The summed E-state index contributed by atoms with van der Waals surface area (Å²) in [6.45, 7) is 4.36. The first-order chi connectivity index (χ1) is 13.0. The van der Waals surface area contributed by atoms with Crippen LogP contribution >= 0.6 is 11.6 Å². The number of halogens is 1. The van der Waals surface area contributed by atoms with Crippen LogP contribution in [0, 0.1) is 5.21 Å². The number of quaternary nitrogens is 1. The van der Waals surface area contributed by atoms with Crippen molar-refractivity contribution >= 4 is 29.1 Å². The number of fused-ring (bicyclic) bond motifs is 3. The van der Waals surface area contributed by atoms with Crippen LogP contribution in [-0.4, -0.2) is 42.8 Å². The van der Waals surface area contributed by atoms with Crippen molar-refractivity contribution in [2.75, 3.05) is 37.0 Å². The van der Waals surface area contributed by atoms with Gasteiger partial charge in [0, 0.05) is 25.4 Å². The Morgan fingerprint density at radius 1 is 1.44 bits per heavy atom. The number of nitrogens with zero attached hydrogens (tertiary/aromatic N) is 4. The standard InChI is InChI=1S/C19H24ClN5O2/c1-3-21-19-22-10-13-11-25(26,17-9-15(27-2)6-7-16(17)20)12-14-5-4-8-24(14)18(13)23-19/h6-7,9-10,14H,3-5,8,11-12H2,1-2H3,(H,21,22,23)/t14-,25?/m0/s1. The highest BCUT2D eigenvalue weighted by Crippen LogP contribution is 2.41. The van der Waals surface area contributed by atoms with Crippen LogP contribution in [-0.2, 0) is 6.54 Å². The fraction of sp³-hybridized carbons (Fsp3) is 0.474. The maximum Gasteiger partial charge on any atom is 0.224 e. The predicted molar refractivity (Wildman–Crippen MR) is 108 cm³/mol. The Kier molecular flexibility index (Phi) is 4.84. The highest BCUT2D eigenvalue weighted by molar-refractivity contribution is 6.33. The van der Waals surface area contributed by atoms with E-state index in [0.717, 1.165) is 37.3 Å². The van der Waals surface area contributed by atoms with Gasteiger partial charge in [-0.1, -0.05) is 11.6 Å². The quantitative estimate of drug-likeness (QED) is 0.636. The lowest BCUT2D eigenvalue weighted by Gasteiger charge is -2.43. The first-order valence-electron chi connectivity index (χ1n) is 9.32. The summed E-state index contributed by atoms with van der Waals surface area (Å²) in [7, 11) is 1.59. The molecule has 1 fully saturated rings. The normalized spacial score (nSPS) is 24.1. The molecule has 3 heterocycles. The number of anilines is 2. The Hall–Kier alpha value is -2.09. The molecule has 2 aliphatic heterocycles. The SMILES string of the molecule is CCNc1ncc2c(n1)N1CCC[C@H]1C[N+]([O-])(c1cc(OC)ccc1Cl)C2. The Morgan fingerprint density at radius 3 is 3.07 bits per heavy atom. The number of benzene rings is 1. The third kappa shape index (κ3) is 3.31. The van der Waals surface area contributed by atoms with E-state index in [-0.39, 0.29) is 12.6 Å². The van der Waals surface area contributed by atoms with Crippen LogP contribution in [0.3, 0.4) is 0 Å². The van der Waals surface area contributed by atoms with Gasteiger partial charge in [-0.25, -0.2) is 4.98 Å². The fourth-order valence-electron chi connectivity index (χ4n) is 4.10. The monoisotopic (exact) mass is 389 g/mol. The lowest BCUT2D eigenvalue weighted by atomic mass is 10.1. The van der Waals surface area contributed by atoms with Gasteiger partial charge in [-0.15, -0.1) is 0 Å². The molecule has 1 aromatic carbocycles. The molecule has 4 rings (SSSR count). The number of aromatic nitrogens is 2. The Labute approximate surface area is 164 Å². The van der Waals surface area contributed by atoms with Gasteiger partial charge in [0.15, 0.2) is 5.69 Å². The Bertz CT molecular complexity index is 849. The molecule has 0 saturated carbocycles. The zero-order chi connectivity index (χ0) is 19.0. The molecule has 1 N–H and O–H groups in total. The van der Waals surface area contributed by atoms with Crippen molar-refractivity contribution in [1.29, 1.82) is 0 Å². The van der Waals surface area contributed by atoms with Gasteiger partial charge in [-0.05, 0) is 31.9 Å². The van der Waals surface area contributed by atoms with E-state index in [2.05, 4.69) is 15.2 Å². The third-order valence-electron chi connectivity index (χ3n) is 5.35. The molecule has 2 atom stereocenters. The van der Waals surface area contributed by atoms with E-state index >= 15 is 0 Å². The molecule has 1 saturated heterocycles. The molecular weight excluding hydrogens is 366 g/mol. The number of ether oxygens (including phenoxy) is 1.